The highest BCUT2D eigenvalue weighted by Gasteiger charge is 2.33. The molecule has 1 unspecified atom stereocenters. The molecule has 4 aromatic rings. The van der Waals surface area contributed by atoms with Crippen LogP contribution in [0.2, 0.25) is 0 Å². The summed E-state index contributed by atoms with van der Waals surface area (Å²) in [6.45, 7) is 5.83. The van der Waals surface area contributed by atoms with Crippen molar-refractivity contribution >= 4 is 22.3 Å². The molecule has 2 heterocycles. The lowest BCUT2D eigenvalue weighted by atomic mass is 9.94. The van der Waals surface area contributed by atoms with Crippen molar-refractivity contribution in [3.05, 3.63) is 65.7 Å². The van der Waals surface area contributed by atoms with E-state index in [-0.39, 0.29) is 5.92 Å². The zero-order valence-corrected chi connectivity index (χ0v) is 22.6. The first kappa shape index (κ1) is 24.2. The highest BCUT2D eigenvalue weighted by atomic mass is 16.5. The second kappa shape index (κ2) is 9.63. The van der Waals surface area contributed by atoms with Crippen molar-refractivity contribution in [3.63, 3.8) is 0 Å². The van der Waals surface area contributed by atoms with Gasteiger partial charge in [-0.1, -0.05) is 25.1 Å². The maximum absolute atomic E-state index is 5.73. The van der Waals surface area contributed by atoms with Crippen molar-refractivity contribution in [3.8, 4) is 34.3 Å². The van der Waals surface area contributed by atoms with Crippen molar-refractivity contribution in [1.82, 2.24) is 4.98 Å². The molecular formula is C31H33N3O4. The van der Waals surface area contributed by atoms with Crippen LogP contribution in [0, 0.1) is 0 Å². The maximum atomic E-state index is 5.73. The fourth-order valence-corrected chi connectivity index (χ4v) is 5.95. The topological polar surface area (TPSA) is 56.3 Å². The molecule has 2 aliphatic rings. The summed E-state index contributed by atoms with van der Waals surface area (Å²) >= 11 is 0. The van der Waals surface area contributed by atoms with Gasteiger partial charge in [0.1, 0.15) is 5.82 Å². The predicted octanol–water partition coefficient (Wildman–Crippen LogP) is 5.73. The van der Waals surface area contributed by atoms with Crippen LogP contribution >= 0.6 is 0 Å². The number of rotatable bonds is 6. The molecule has 38 heavy (non-hydrogen) atoms. The van der Waals surface area contributed by atoms with Crippen LogP contribution in [0.25, 0.3) is 22.0 Å². The van der Waals surface area contributed by atoms with E-state index in [4.69, 9.17) is 23.9 Å². The third-order valence-corrected chi connectivity index (χ3v) is 7.94. The van der Waals surface area contributed by atoms with E-state index in [0.29, 0.717) is 17.2 Å². The monoisotopic (exact) mass is 511 g/mol. The number of hydrogen-bond acceptors (Lipinski definition) is 7. The van der Waals surface area contributed by atoms with Crippen LogP contribution < -0.4 is 28.7 Å². The Kier molecular flexibility index (Phi) is 6.14. The fourth-order valence-electron chi connectivity index (χ4n) is 5.95. The number of pyridine rings is 1. The SMILES string of the molecule is COc1cc2c(cc1OC)C(C)c1c-2nc(N2CCN(c3ccccc3)CC2)c2cc(OC)c(OC)cc12. The smallest absolute Gasteiger partial charge is 0.161 e. The van der Waals surface area contributed by atoms with Gasteiger partial charge in [-0.25, -0.2) is 4.98 Å². The molecule has 0 bridgehead atoms. The number of hydrogen-bond donors (Lipinski definition) is 0. The molecule has 7 heteroatoms. The summed E-state index contributed by atoms with van der Waals surface area (Å²) in [5, 5.41) is 2.21. The maximum Gasteiger partial charge on any atom is 0.161 e. The summed E-state index contributed by atoms with van der Waals surface area (Å²) in [4.78, 5) is 10.2. The minimum atomic E-state index is 0.136. The molecule has 0 N–H and O–H groups in total. The molecular weight excluding hydrogens is 478 g/mol. The molecule has 6 rings (SSSR count). The van der Waals surface area contributed by atoms with E-state index in [1.807, 2.05) is 0 Å². The molecule has 1 aliphatic heterocycles. The number of fused-ring (bicyclic) bond motifs is 5. The molecule has 1 aliphatic carbocycles. The molecule has 1 atom stereocenters. The molecule has 1 saturated heterocycles. The Bertz CT molecular complexity index is 1500. The minimum Gasteiger partial charge on any atom is -0.493 e. The third kappa shape index (κ3) is 3.76. The van der Waals surface area contributed by atoms with E-state index in [0.717, 1.165) is 59.8 Å². The summed E-state index contributed by atoms with van der Waals surface area (Å²) in [5.74, 6) is 3.97. The lowest BCUT2D eigenvalue weighted by Gasteiger charge is -2.37. The molecule has 1 fully saturated rings. The molecule has 0 spiro atoms. The standard InChI is InChI=1S/C31H33N3O4/c1-19-21-15-25(35-2)27(37-4)17-23(21)30-29(19)22-16-26(36-3)28(38-5)18-24(22)31(32-30)34-13-11-33(12-14-34)20-9-7-6-8-10-20/h6-10,15-19H,11-14H2,1-5H3. The van der Waals surface area contributed by atoms with Gasteiger partial charge in [0.15, 0.2) is 23.0 Å². The van der Waals surface area contributed by atoms with Crippen LogP contribution in [-0.4, -0.2) is 59.6 Å². The second-order valence-corrected chi connectivity index (χ2v) is 9.78. The highest BCUT2D eigenvalue weighted by molar-refractivity contribution is 6.02. The van der Waals surface area contributed by atoms with Crippen molar-refractivity contribution in [2.45, 2.75) is 12.8 Å². The Labute approximate surface area is 223 Å². The van der Waals surface area contributed by atoms with E-state index in [1.165, 1.54) is 16.8 Å². The Morgan fingerprint density at radius 2 is 1.24 bits per heavy atom. The van der Waals surface area contributed by atoms with Gasteiger partial charge in [0, 0.05) is 48.7 Å². The van der Waals surface area contributed by atoms with Crippen LogP contribution in [0.4, 0.5) is 11.5 Å². The van der Waals surface area contributed by atoms with E-state index >= 15 is 0 Å². The van der Waals surface area contributed by atoms with Gasteiger partial charge in [-0.05, 0) is 52.9 Å². The molecule has 0 amide bonds. The largest absolute Gasteiger partial charge is 0.493 e. The average Bonchev–Trinajstić information content (AvgIpc) is 3.26. The van der Waals surface area contributed by atoms with Crippen LogP contribution in [-0.2, 0) is 0 Å². The lowest BCUT2D eigenvalue weighted by molar-refractivity contribution is 0.354. The van der Waals surface area contributed by atoms with E-state index in [2.05, 4.69) is 71.3 Å². The number of methoxy groups -OCH3 is 4. The molecule has 196 valence electrons. The normalized spacial score (nSPS) is 16.3. The first-order chi connectivity index (χ1) is 18.6. The Morgan fingerprint density at radius 1 is 0.684 bits per heavy atom. The number of para-hydroxylation sites is 1. The third-order valence-electron chi connectivity index (χ3n) is 7.94. The Hall–Kier alpha value is -4.13. The summed E-state index contributed by atoms with van der Waals surface area (Å²) < 4.78 is 22.7. The van der Waals surface area contributed by atoms with Gasteiger partial charge in [-0.2, -0.15) is 0 Å². The highest BCUT2D eigenvalue weighted by Crippen LogP contribution is 2.52. The Morgan fingerprint density at radius 3 is 1.87 bits per heavy atom. The van der Waals surface area contributed by atoms with Gasteiger partial charge in [0.2, 0.25) is 0 Å². The Balaban J connectivity index is 1.51. The zero-order valence-electron chi connectivity index (χ0n) is 22.6. The first-order valence-corrected chi connectivity index (χ1v) is 13.0. The summed E-state index contributed by atoms with van der Waals surface area (Å²) in [6.07, 6.45) is 0. The number of piperazine rings is 1. The van der Waals surface area contributed by atoms with Gasteiger partial charge in [0.05, 0.1) is 34.1 Å². The van der Waals surface area contributed by atoms with Crippen molar-refractivity contribution in [2.75, 3.05) is 64.4 Å². The summed E-state index contributed by atoms with van der Waals surface area (Å²) in [7, 11) is 6.71. The van der Waals surface area contributed by atoms with E-state index in [1.54, 1.807) is 28.4 Å². The number of nitrogens with zero attached hydrogens (tertiary/aromatic N) is 3. The molecule has 0 radical (unpaired) electrons. The van der Waals surface area contributed by atoms with Crippen LogP contribution in [0.15, 0.2) is 54.6 Å². The van der Waals surface area contributed by atoms with Crippen molar-refractivity contribution < 1.29 is 18.9 Å². The van der Waals surface area contributed by atoms with Crippen molar-refractivity contribution in [1.29, 1.82) is 0 Å². The first-order valence-electron chi connectivity index (χ1n) is 13.0. The number of aromatic nitrogens is 1. The number of benzene rings is 3. The van der Waals surface area contributed by atoms with Crippen LogP contribution in [0.1, 0.15) is 24.0 Å². The molecule has 0 saturated carbocycles. The van der Waals surface area contributed by atoms with Gasteiger partial charge >= 0.3 is 0 Å². The molecule has 1 aromatic heterocycles. The molecule has 3 aromatic carbocycles. The summed E-state index contributed by atoms with van der Waals surface area (Å²) in [6, 6.07) is 18.9. The lowest BCUT2D eigenvalue weighted by Crippen LogP contribution is -2.47. The van der Waals surface area contributed by atoms with Gasteiger partial charge < -0.3 is 28.7 Å². The zero-order chi connectivity index (χ0) is 26.4. The van der Waals surface area contributed by atoms with E-state index in [9.17, 15) is 0 Å². The van der Waals surface area contributed by atoms with Gasteiger partial charge in [-0.15, -0.1) is 0 Å². The predicted molar refractivity (Wildman–Crippen MR) is 152 cm³/mol. The fraction of sp³-hybridized carbons (Fsp3) is 0.323. The van der Waals surface area contributed by atoms with Gasteiger partial charge in [0.25, 0.3) is 0 Å². The number of ether oxygens (including phenoxy) is 4. The molecule has 7 nitrogen and oxygen atoms in total. The number of anilines is 2. The van der Waals surface area contributed by atoms with Crippen LogP contribution in [0.3, 0.4) is 0 Å². The minimum absolute atomic E-state index is 0.136. The van der Waals surface area contributed by atoms with Crippen LogP contribution in [0.5, 0.6) is 23.0 Å². The van der Waals surface area contributed by atoms with Crippen molar-refractivity contribution in [2.24, 2.45) is 0 Å². The van der Waals surface area contributed by atoms with Gasteiger partial charge in [-0.3, -0.25) is 0 Å². The second-order valence-electron chi connectivity index (χ2n) is 9.78. The summed E-state index contributed by atoms with van der Waals surface area (Å²) in [5.41, 5.74) is 5.72. The quantitative estimate of drug-likeness (QED) is 0.328. The van der Waals surface area contributed by atoms with E-state index < -0.39 is 0 Å². The average molecular weight is 512 g/mol.